The van der Waals surface area contributed by atoms with Crippen molar-refractivity contribution in [3.63, 3.8) is 0 Å². The van der Waals surface area contributed by atoms with Gasteiger partial charge in [-0.15, -0.1) is 0 Å². The van der Waals surface area contributed by atoms with E-state index >= 15 is 0 Å². The van der Waals surface area contributed by atoms with Crippen LogP contribution in [0, 0.1) is 0 Å². The molecule has 0 saturated carbocycles. The van der Waals surface area contributed by atoms with Crippen LogP contribution in [0.2, 0.25) is 0 Å². The second kappa shape index (κ2) is 41.0. The number of aliphatic carboxylic acids is 1. The first kappa shape index (κ1) is 55.2. The van der Waals surface area contributed by atoms with E-state index in [0.29, 0.717) is 17.4 Å². The quantitative estimate of drug-likeness (QED) is 0.0197. The van der Waals surface area contributed by atoms with Crippen LogP contribution in [-0.4, -0.2) is 82.3 Å². The summed E-state index contributed by atoms with van der Waals surface area (Å²) in [5.41, 5.74) is 0. The number of carbonyl (C=O) groups is 3. The van der Waals surface area contributed by atoms with Gasteiger partial charge in [0.2, 0.25) is 0 Å². The molecule has 2 atom stereocenters. The lowest BCUT2D eigenvalue weighted by molar-refractivity contribution is -0.870. The molecule has 0 aromatic carbocycles. The van der Waals surface area contributed by atoms with Gasteiger partial charge in [-0.3, -0.25) is 9.59 Å². The van der Waals surface area contributed by atoms with Gasteiger partial charge in [0.25, 0.3) is 0 Å². The molecule has 0 aliphatic heterocycles. The summed E-state index contributed by atoms with van der Waals surface area (Å²) < 4.78 is 22.5. The van der Waals surface area contributed by atoms with E-state index < -0.39 is 24.3 Å². The molecule has 0 aromatic rings. The number of ether oxygens (including phenoxy) is 4. The first-order valence-corrected chi connectivity index (χ1v) is 23.3. The highest BCUT2D eigenvalue weighted by molar-refractivity contribution is 5.70. The summed E-state index contributed by atoms with van der Waals surface area (Å²) in [6.07, 6.45) is 44.2. The Balaban J connectivity index is 4.46. The molecular formula is C49H87NO8. The Morgan fingerprint density at radius 1 is 0.517 bits per heavy atom. The van der Waals surface area contributed by atoms with Gasteiger partial charge in [0.15, 0.2) is 12.4 Å². The standard InChI is InChI=1S/C49H87NO8/c1-6-8-10-12-14-16-18-20-22-23-24-25-26-28-30-32-34-36-38-40-47(52)58-45(44-57-49(48(53)54)55-42-41-50(3,4)5)43-56-46(51)39-37-35-33-31-29-27-21-19-17-15-13-11-9-7-2/h14,16,19-22,24-25,45,49H,6-13,15,17-18,23,26-44H2,1-5H3/b16-14-,21-19-,22-20-,25-24-. The first-order valence-electron chi connectivity index (χ1n) is 23.3. The molecule has 2 unspecified atom stereocenters. The summed E-state index contributed by atoms with van der Waals surface area (Å²) in [6.45, 7) is 4.67. The predicted molar refractivity (Wildman–Crippen MR) is 237 cm³/mol. The minimum absolute atomic E-state index is 0.142. The molecule has 0 N–H and O–H groups in total. The maximum absolute atomic E-state index is 12.8. The molecule has 0 fully saturated rings. The average molecular weight is 818 g/mol. The highest BCUT2D eigenvalue weighted by Gasteiger charge is 2.21. The van der Waals surface area contributed by atoms with E-state index in [1.807, 2.05) is 21.1 Å². The maximum atomic E-state index is 12.8. The van der Waals surface area contributed by atoms with Crippen LogP contribution in [0.3, 0.4) is 0 Å². The van der Waals surface area contributed by atoms with Crippen LogP contribution in [-0.2, 0) is 33.3 Å². The molecule has 0 spiro atoms. The Morgan fingerprint density at radius 2 is 0.931 bits per heavy atom. The molecular weight excluding hydrogens is 731 g/mol. The topological polar surface area (TPSA) is 111 Å². The normalized spacial score (nSPS) is 13.3. The fraction of sp³-hybridized carbons (Fsp3) is 0.776. The van der Waals surface area contributed by atoms with E-state index in [1.54, 1.807) is 0 Å². The number of carbonyl (C=O) groups excluding carboxylic acids is 3. The largest absolute Gasteiger partial charge is 0.545 e. The molecule has 0 amide bonds. The molecule has 58 heavy (non-hydrogen) atoms. The minimum Gasteiger partial charge on any atom is -0.545 e. The first-order chi connectivity index (χ1) is 28.1. The van der Waals surface area contributed by atoms with E-state index in [9.17, 15) is 19.5 Å². The SMILES string of the molecule is CCCCC/C=C\C/C=C\C/C=C\CCCCCCCCC(=O)OC(COC(=O)CCCCCCC/C=C\CCCCCCC)COC(OCC[N+](C)(C)C)C(=O)[O-]. The van der Waals surface area contributed by atoms with Crippen LogP contribution in [0.4, 0.5) is 0 Å². The van der Waals surface area contributed by atoms with Crippen LogP contribution >= 0.6 is 0 Å². The number of likely N-dealkylation sites (N-methyl/N-ethyl adjacent to an activating group) is 1. The summed E-state index contributed by atoms with van der Waals surface area (Å²) in [5, 5.41) is 11.7. The molecule has 0 aliphatic carbocycles. The highest BCUT2D eigenvalue weighted by Crippen LogP contribution is 2.13. The average Bonchev–Trinajstić information content (AvgIpc) is 3.18. The Hall–Kier alpha value is -2.75. The van der Waals surface area contributed by atoms with E-state index in [1.165, 1.54) is 64.2 Å². The Labute approximate surface area is 355 Å². The highest BCUT2D eigenvalue weighted by atomic mass is 16.7. The lowest BCUT2D eigenvalue weighted by Gasteiger charge is -2.26. The molecule has 0 heterocycles. The van der Waals surface area contributed by atoms with Gasteiger partial charge in [-0.2, -0.15) is 0 Å². The van der Waals surface area contributed by atoms with E-state index in [0.717, 1.165) is 89.9 Å². The molecule has 9 heteroatoms. The van der Waals surface area contributed by atoms with E-state index in [4.69, 9.17) is 18.9 Å². The lowest BCUT2D eigenvalue weighted by atomic mass is 10.1. The van der Waals surface area contributed by atoms with Crippen molar-refractivity contribution in [3.05, 3.63) is 48.6 Å². The van der Waals surface area contributed by atoms with Crippen LogP contribution < -0.4 is 5.11 Å². The van der Waals surface area contributed by atoms with Gasteiger partial charge in [-0.25, -0.2) is 0 Å². The molecule has 0 saturated heterocycles. The van der Waals surface area contributed by atoms with Crippen LogP contribution in [0.1, 0.15) is 187 Å². The number of carboxylic acids is 1. The number of hydrogen-bond acceptors (Lipinski definition) is 8. The minimum atomic E-state index is -1.63. The fourth-order valence-corrected chi connectivity index (χ4v) is 6.12. The summed E-state index contributed by atoms with van der Waals surface area (Å²) in [7, 11) is 5.90. The summed E-state index contributed by atoms with van der Waals surface area (Å²) >= 11 is 0. The van der Waals surface area contributed by atoms with Crippen LogP contribution in [0.5, 0.6) is 0 Å². The van der Waals surface area contributed by atoms with Gasteiger partial charge in [-0.1, -0.05) is 146 Å². The van der Waals surface area contributed by atoms with E-state index in [2.05, 4.69) is 62.5 Å². The van der Waals surface area contributed by atoms with E-state index in [-0.39, 0.29) is 38.6 Å². The molecule has 0 aliphatic rings. The number of unbranched alkanes of at least 4 members (excludes halogenated alkanes) is 19. The van der Waals surface area contributed by atoms with Gasteiger partial charge in [0.05, 0.1) is 40.3 Å². The Bertz CT molecular complexity index is 1090. The number of esters is 2. The van der Waals surface area contributed by atoms with Crippen molar-refractivity contribution in [2.45, 2.75) is 200 Å². The molecule has 0 rings (SSSR count). The lowest BCUT2D eigenvalue weighted by Crippen LogP contribution is -2.44. The molecule has 0 aromatic heterocycles. The van der Waals surface area contributed by atoms with Crippen LogP contribution in [0.15, 0.2) is 48.6 Å². The third-order valence-corrected chi connectivity index (χ3v) is 9.80. The van der Waals surface area contributed by atoms with Crippen molar-refractivity contribution in [2.24, 2.45) is 0 Å². The van der Waals surface area contributed by atoms with Gasteiger partial charge in [-0.05, 0) is 77.0 Å². The maximum Gasteiger partial charge on any atom is 0.306 e. The van der Waals surface area contributed by atoms with Crippen molar-refractivity contribution < 1.29 is 42.9 Å². The third kappa shape index (κ3) is 41.4. The number of quaternary nitrogens is 1. The number of hydrogen-bond donors (Lipinski definition) is 0. The van der Waals surface area contributed by atoms with Gasteiger partial charge >= 0.3 is 11.9 Å². The summed E-state index contributed by atoms with van der Waals surface area (Å²) in [4.78, 5) is 37.0. The zero-order valence-electron chi connectivity index (χ0n) is 37.9. The van der Waals surface area contributed by atoms with Gasteiger partial charge in [0, 0.05) is 12.8 Å². The Kier molecular flexibility index (Phi) is 39.1. The number of allylic oxidation sites excluding steroid dienone is 8. The number of nitrogens with zero attached hydrogens (tertiary/aromatic N) is 1. The molecule has 336 valence electrons. The smallest absolute Gasteiger partial charge is 0.306 e. The Morgan fingerprint density at radius 3 is 1.43 bits per heavy atom. The molecule has 9 nitrogen and oxygen atoms in total. The van der Waals surface area contributed by atoms with Crippen molar-refractivity contribution in [2.75, 3.05) is 47.5 Å². The number of rotatable bonds is 42. The van der Waals surface area contributed by atoms with Crippen molar-refractivity contribution >= 4 is 17.9 Å². The van der Waals surface area contributed by atoms with Gasteiger partial charge in [0.1, 0.15) is 13.2 Å². The predicted octanol–water partition coefficient (Wildman–Crippen LogP) is 11.1. The van der Waals surface area contributed by atoms with Crippen molar-refractivity contribution in [3.8, 4) is 0 Å². The summed E-state index contributed by atoms with van der Waals surface area (Å²) in [5.74, 6) is -2.32. The van der Waals surface area contributed by atoms with Crippen molar-refractivity contribution in [1.82, 2.24) is 0 Å². The zero-order valence-corrected chi connectivity index (χ0v) is 37.9. The molecule has 0 bridgehead atoms. The van der Waals surface area contributed by atoms with Gasteiger partial charge < -0.3 is 33.3 Å². The monoisotopic (exact) mass is 818 g/mol. The second-order valence-electron chi connectivity index (χ2n) is 16.7. The molecule has 0 radical (unpaired) electrons. The second-order valence-corrected chi connectivity index (χ2v) is 16.7. The third-order valence-electron chi connectivity index (χ3n) is 9.80. The zero-order chi connectivity index (χ0) is 42.8. The summed E-state index contributed by atoms with van der Waals surface area (Å²) in [6, 6.07) is 0. The van der Waals surface area contributed by atoms with Crippen LogP contribution in [0.25, 0.3) is 0 Å². The fourth-order valence-electron chi connectivity index (χ4n) is 6.12. The number of carboxylic acid groups (broad SMARTS) is 1. The van der Waals surface area contributed by atoms with Crippen molar-refractivity contribution in [1.29, 1.82) is 0 Å².